The average molecular weight is 349 g/mol. The van der Waals surface area contributed by atoms with Crippen molar-refractivity contribution in [1.29, 1.82) is 0 Å². The Morgan fingerprint density at radius 2 is 1.88 bits per heavy atom. The van der Waals surface area contributed by atoms with Gasteiger partial charge in [-0.15, -0.1) is 0 Å². The summed E-state index contributed by atoms with van der Waals surface area (Å²) in [4.78, 5) is 24.7. The van der Waals surface area contributed by atoms with E-state index >= 15 is 0 Å². The lowest BCUT2D eigenvalue weighted by Gasteiger charge is -2.15. The summed E-state index contributed by atoms with van der Waals surface area (Å²) in [7, 11) is 3.09. The molecule has 0 aliphatic rings. The van der Waals surface area contributed by atoms with Crippen LogP contribution in [-0.4, -0.2) is 60.2 Å². The number of hydrogen-bond acceptors (Lipinski definition) is 8. The molecule has 0 atom stereocenters. The molecule has 2 aromatic rings. The van der Waals surface area contributed by atoms with Crippen LogP contribution in [0.5, 0.6) is 0 Å². The minimum Gasteiger partial charge on any atom is -0.457 e. The van der Waals surface area contributed by atoms with Crippen LogP contribution in [0.4, 0.5) is 0 Å². The van der Waals surface area contributed by atoms with Gasteiger partial charge < -0.3 is 14.2 Å². The minimum atomic E-state index is -0.422. The lowest BCUT2D eigenvalue weighted by atomic mass is 10.3. The van der Waals surface area contributed by atoms with Gasteiger partial charge in [0.2, 0.25) is 0 Å². The van der Waals surface area contributed by atoms with E-state index in [9.17, 15) is 4.79 Å². The van der Waals surface area contributed by atoms with E-state index in [1.54, 1.807) is 32.7 Å². The molecule has 0 aliphatic heterocycles. The van der Waals surface area contributed by atoms with Gasteiger partial charge in [-0.1, -0.05) is 17.8 Å². The molecule has 0 saturated heterocycles. The van der Waals surface area contributed by atoms with Crippen LogP contribution in [-0.2, 0) is 19.0 Å². The quantitative estimate of drug-likeness (QED) is 0.385. The molecule has 0 spiro atoms. The largest absolute Gasteiger partial charge is 0.457 e. The van der Waals surface area contributed by atoms with E-state index in [2.05, 4.69) is 15.0 Å². The zero-order valence-corrected chi connectivity index (χ0v) is 14.4. The van der Waals surface area contributed by atoms with E-state index in [1.165, 1.54) is 11.8 Å². The zero-order valence-electron chi connectivity index (χ0n) is 13.5. The molecule has 2 heterocycles. The predicted octanol–water partition coefficient (Wildman–Crippen LogP) is 1.84. The van der Waals surface area contributed by atoms with Crippen LogP contribution in [0.2, 0.25) is 0 Å². The molecule has 0 N–H and O–H groups in total. The number of thioether (sulfide) groups is 1. The minimum absolute atomic E-state index is 0.107. The van der Waals surface area contributed by atoms with Crippen LogP contribution >= 0.6 is 11.8 Å². The Labute approximate surface area is 144 Å². The first-order chi connectivity index (χ1) is 11.7. The maximum absolute atomic E-state index is 11.9. The van der Waals surface area contributed by atoms with Crippen molar-refractivity contribution >= 4 is 17.7 Å². The fourth-order valence-electron chi connectivity index (χ4n) is 1.90. The summed E-state index contributed by atoms with van der Waals surface area (Å²) >= 11 is 1.21. The molecule has 2 rings (SSSR count). The van der Waals surface area contributed by atoms with Crippen molar-refractivity contribution in [2.75, 3.05) is 33.2 Å². The summed E-state index contributed by atoms with van der Waals surface area (Å²) in [5.74, 6) is -0.263. The Hall–Kier alpha value is -2.03. The molecule has 0 aromatic carbocycles. The van der Waals surface area contributed by atoms with E-state index in [0.29, 0.717) is 10.9 Å². The molecule has 8 heteroatoms. The molecule has 128 valence electrons. The lowest BCUT2D eigenvalue weighted by Crippen LogP contribution is -2.28. The number of ether oxygens (including phenoxy) is 3. The van der Waals surface area contributed by atoms with Crippen LogP contribution in [0.1, 0.15) is 0 Å². The topological polar surface area (TPSA) is 83.4 Å². The van der Waals surface area contributed by atoms with Crippen LogP contribution in [0.25, 0.3) is 11.4 Å². The van der Waals surface area contributed by atoms with Gasteiger partial charge in [0, 0.05) is 26.6 Å². The van der Waals surface area contributed by atoms with Crippen LogP contribution in [0.3, 0.4) is 0 Å². The van der Waals surface area contributed by atoms with E-state index in [4.69, 9.17) is 14.2 Å². The molecule has 0 bridgehead atoms. The highest BCUT2D eigenvalue weighted by Crippen LogP contribution is 2.18. The van der Waals surface area contributed by atoms with Crippen molar-refractivity contribution < 1.29 is 19.0 Å². The highest BCUT2D eigenvalue weighted by atomic mass is 32.2. The number of carbonyl (C=O) groups is 1. The molecular formula is C16H19N3O4S. The maximum Gasteiger partial charge on any atom is 0.316 e. The second-order valence-corrected chi connectivity index (χ2v) is 5.69. The number of methoxy groups -OCH3 is 2. The third kappa shape index (κ3) is 5.88. The number of hydrogen-bond donors (Lipinski definition) is 0. The molecule has 0 amide bonds. The van der Waals surface area contributed by atoms with Gasteiger partial charge in [-0.2, -0.15) is 0 Å². The molecule has 0 aliphatic carbocycles. The van der Waals surface area contributed by atoms with Crippen molar-refractivity contribution in [3.63, 3.8) is 0 Å². The third-order valence-corrected chi connectivity index (χ3v) is 3.72. The third-order valence-electron chi connectivity index (χ3n) is 2.88. The van der Waals surface area contributed by atoms with Crippen molar-refractivity contribution in [2.24, 2.45) is 0 Å². The van der Waals surface area contributed by atoms with E-state index in [0.717, 1.165) is 5.69 Å². The van der Waals surface area contributed by atoms with E-state index in [1.807, 2.05) is 18.2 Å². The Morgan fingerprint density at radius 3 is 2.54 bits per heavy atom. The molecule has 0 fully saturated rings. The number of aromatic nitrogens is 3. The van der Waals surface area contributed by atoms with E-state index in [-0.39, 0.29) is 24.9 Å². The molecule has 0 saturated carbocycles. The van der Waals surface area contributed by atoms with Crippen molar-refractivity contribution in [2.45, 2.75) is 11.3 Å². The Bertz CT molecular complexity index is 636. The summed E-state index contributed by atoms with van der Waals surface area (Å²) in [5, 5.41) is 0.491. The summed E-state index contributed by atoms with van der Waals surface area (Å²) in [5.41, 5.74) is 1.46. The fourth-order valence-corrected chi connectivity index (χ4v) is 2.51. The molecular weight excluding hydrogens is 330 g/mol. The van der Waals surface area contributed by atoms with Gasteiger partial charge in [0.1, 0.15) is 6.10 Å². The van der Waals surface area contributed by atoms with Crippen molar-refractivity contribution in [3.8, 4) is 11.4 Å². The summed E-state index contributed by atoms with van der Waals surface area (Å²) in [6, 6.07) is 7.37. The van der Waals surface area contributed by atoms with Crippen LogP contribution in [0, 0.1) is 0 Å². The van der Waals surface area contributed by atoms with Gasteiger partial charge in [-0.05, 0) is 18.2 Å². The standard InChI is InChI=1S/C16H19N3O4S/c1-21-9-12(10-22-2)23-15(20)11-24-16-18-8-6-14(19-16)13-5-3-4-7-17-13/h3-8,12H,9-11H2,1-2H3. The number of esters is 1. The number of pyridine rings is 1. The monoisotopic (exact) mass is 349 g/mol. The number of nitrogens with zero attached hydrogens (tertiary/aromatic N) is 3. The van der Waals surface area contributed by atoms with Crippen LogP contribution in [0.15, 0.2) is 41.8 Å². The number of carbonyl (C=O) groups excluding carboxylic acids is 1. The normalized spacial score (nSPS) is 10.8. The Kier molecular flexibility index (Phi) is 7.60. The van der Waals surface area contributed by atoms with Gasteiger partial charge >= 0.3 is 5.97 Å². The van der Waals surface area contributed by atoms with Crippen molar-refractivity contribution in [3.05, 3.63) is 36.7 Å². The van der Waals surface area contributed by atoms with Gasteiger partial charge in [0.15, 0.2) is 5.16 Å². The van der Waals surface area contributed by atoms with Crippen LogP contribution < -0.4 is 0 Å². The first-order valence-electron chi connectivity index (χ1n) is 7.27. The molecule has 2 aromatic heterocycles. The van der Waals surface area contributed by atoms with Gasteiger partial charge in [-0.3, -0.25) is 9.78 Å². The Morgan fingerprint density at radius 1 is 1.08 bits per heavy atom. The zero-order chi connectivity index (χ0) is 17.2. The SMILES string of the molecule is COCC(COC)OC(=O)CSc1nccc(-c2ccccn2)n1. The highest BCUT2D eigenvalue weighted by Gasteiger charge is 2.15. The highest BCUT2D eigenvalue weighted by molar-refractivity contribution is 7.99. The summed E-state index contributed by atoms with van der Waals surface area (Å²) in [6.45, 7) is 0.575. The van der Waals surface area contributed by atoms with Crippen molar-refractivity contribution in [1.82, 2.24) is 15.0 Å². The summed E-state index contributed by atoms with van der Waals surface area (Å²) in [6.07, 6.45) is 2.92. The summed E-state index contributed by atoms with van der Waals surface area (Å²) < 4.78 is 15.3. The molecule has 24 heavy (non-hydrogen) atoms. The molecule has 0 radical (unpaired) electrons. The lowest BCUT2D eigenvalue weighted by molar-refractivity contribution is -0.151. The second kappa shape index (κ2) is 9.96. The fraction of sp³-hybridized carbons (Fsp3) is 0.375. The first-order valence-corrected chi connectivity index (χ1v) is 8.26. The second-order valence-electron chi connectivity index (χ2n) is 4.75. The van der Waals surface area contributed by atoms with Gasteiger partial charge in [-0.25, -0.2) is 9.97 Å². The van der Waals surface area contributed by atoms with Gasteiger partial charge in [0.25, 0.3) is 0 Å². The van der Waals surface area contributed by atoms with Gasteiger partial charge in [0.05, 0.1) is 30.4 Å². The smallest absolute Gasteiger partial charge is 0.316 e. The average Bonchev–Trinajstić information content (AvgIpc) is 2.61. The first kappa shape index (κ1) is 18.3. The maximum atomic E-state index is 11.9. The van der Waals surface area contributed by atoms with E-state index < -0.39 is 6.10 Å². The molecule has 7 nitrogen and oxygen atoms in total. The molecule has 0 unspecified atom stereocenters. The predicted molar refractivity (Wildman–Crippen MR) is 89.6 cm³/mol. The Balaban J connectivity index is 1.91. The number of rotatable bonds is 9.